The van der Waals surface area contributed by atoms with Crippen molar-refractivity contribution in [2.45, 2.75) is 51.7 Å². The molecule has 0 aromatic heterocycles. The van der Waals surface area contributed by atoms with Gasteiger partial charge in [0.05, 0.1) is 26.4 Å². The first-order valence-corrected chi connectivity index (χ1v) is 8.98. The van der Waals surface area contributed by atoms with E-state index in [1.165, 1.54) is 0 Å². The molecule has 6 heteroatoms. The fraction of sp³-hybridized carbons (Fsp3) is 1.00. The lowest BCUT2D eigenvalue weighted by molar-refractivity contribution is -0.247. The molecule has 0 radical (unpaired) electrons. The average Bonchev–Trinajstić information content (AvgIpc) is 3.24. The summed E-state index contributed by atoms with van der Waals surface area (Å²) in [6, 6.07) is 1.09. The highest BCUT2D eigenvalue weighted by molar-refractivity contribution is 6.27. The third-order valence-corrected chi connectivity index (χ3v) is 3.86. The number of epoxide rings is 1. The zero-order valence-electron chi connectivity index (χ0n) is 12.3. The molecule has 0 aromatic carbocycles. The number of hydrogen-bond donors (Lipinski definition) is 0. The maximum atomic E-state index is 5.70. The van der Waals surface area contributed by atoms with E-state index in [2.05, 4.69) is 13.8 Å². The van der Waals surface area contributed by atoms with E-state index in [0.29, 0.717) is 19.3 Å². The van der Waals surface area contributed by atoms with Crippen LogP contribution in [0.5, 0.6) is 0 Å². The van der Waals surface area contributed by atoms with Crippen LogP contribution in [0.15, 0.2) is 0 Å². The topological polar surface area (TPSA) is 49.5 Å². The summed E-state index contributed by atoms with van der Waals surface area (Å²) in [5.41, 5.74) is 0. The Morgan fingerprint density at radius 2 is 1.84 bits per heavy atom. The van der Waals surface area contributed by atoms with Gasteiger partial charge in [-0.15, -0.1) is 0 Å². The van der Waals surface area contributed by atoms with E-state index >= 15 is 0 Å². The van der Waals surface area contributed by atoms with Crippen molar-refractivity contribution in [3.63, 3.8) is 0 Å². The van der Waals surface area contributed by atoms with E-state index in [1.54, 1.807) is 0 Å². The predicted molar refractivity (Wildman–Crippen MR) is 75.9 cm³/mol. The first kappa shape index (κ1) is 17.1. The van der Waals surface area contributed by atoms with Crippen LogP contribution in [-0.2, 0) is 23.4 Å². The van der Waals surface area contributed by atoms with Gasteiger partial charge < -0.3 is 23.4 Å². The third-order valence-electron chi connectivity index (χ3n) is 2.56. The van der Waals surface area contributed by atoms with E-state index in [1.807, 2.05) is 0 Å². The Morgan fingerprint density at radius 3 is 2.42 bits per heavy atom. The van der Waals surface area contributed by atoms with Gasteiger partial charge in [0.15, 0.2) is 9.76 Å². The zero-order valence-corrected chi connectivity index (χ0v) is 13.7. The van der Waals surface area contributed by atoms with Crippen LogP contribution in [0.3, 0.4) is 0 Å². The third kappa shape index (κ3) is 10.5. The lowest BCUT2D eigenvalue weighted by atomic mass is 10.5. The van der Waals surface area contributed by atoms with Crippen LogP contribution in [0, 0.1) is 0 Å². The average molecular weight is 292 g/mol. The molecule has 19 heavy (non-hydrogen) atoms. The SMILES string of the molecule is CCCOC(OCCC)O[SiH2]CCCOCC1CO1. The van der Waals surface area contributed by atoms with Crippen molar-refractivity contribution in [3.05, 3.63) is 0 Å². The second kappa shape index (κ2) is 11.8. The van der Waals surface area contributed by atoms with E-state index < -0.39 is 16.2 Å². The van der Waals surface area contributed by atoms with Gasteiger partial charge in [-0.25, -0.2) is 0 Å². The molecule has 1 unspecified atom stereocenters. The van der Waals surface area contributed by atoms with Crippen LogP contribution in [0.25, 0.3) is 0 Å². The predicted octanol–water partition coefficient (Wildman–Crippen LogP) is 1.45. The molecule has 1 aliphatic rings. The molecule has 114 valence electrons. The molecule has 1 aliphatic heterocycles. The molecule has 1 saturated heterocycles. The second-order valence-corrected chi connectivity index (χ2v) is 6.09. The number of hydrogen-bond acceptors (Lipinski definition) is 5. The smallest absolute Gasteiger partial charge is 0.261 e. The first-order valence-electron chi connectivity index (χ1n) is 7.41. The molecule has 0 spiro atoms. The van der Waals surface area contributed by atoms with Gasteiger partial charge in [0, 0.05) is 6.61 Å². The minimum Gasteiger partial charge on any atom is -0.379 e. The van der Waals surface area contributed by atoms with Crippen molar-refractivity contribution in [2.75, 3.05) is 33.0 Å². The van der Waals surface area contributed by atoms with Crippen molar-refractivity contribution in [1.29, 1.82) is 0 Å². The largest absolute Gasteiger partial charge is 0.379 e. The fourth-order valence-electron chi connectivity index (χ4n) is 1.44. The second-order valence-electron chi connectivity index (χ2n) is 4.64. The Kier molecular flexibility index (Phi) is 10.6. The van der Waals surface area contributed by atoms with Crippen molar-refractivity contribution in [1.82, 2.24) is 0 Å². The van der Waals surface area contributed by atoms with Crippen LogP contribution < -0.4 is 0 Å². The number of ether oxygens (including phenoxy) is 4. The molecule has 1 fully saturated rings. The Bertz CT molecular complexity index is 193. The van der Waals surface area contributed by atoms with Crippen molar-refractivity contribution < 1.29 is 23.4 Å². The lowest BCUT2D eigenvalue weighted by Gasteiger charge is -2.18. The summed E-state index contributed by atoms with van der Waals surface area (Å²) in [4.78, 5) is 0. The summed E-state index contributed by atoms with van der Waals surface area (Å²) < 4.78 is 27.2. The van der Waals surface area contributed by atoms with Gasteiger partial charge in [0.25, 0.3) is 6.48 Å². The van der Waals surface area contributed by atoms with Crippen molar-refractivity contribution >= 4 is 9.76 Å². The highest BCUT2D eigenvalue weighted by atomic mass is 28.2. The van der Waals surface area contributed by atoms with Crippen LogP contribution in [0.1, 0.15) is 33.1 Å². The quantitative estimate of drug-likeness (QED) is 0.210. The van der Waals surface area contributed by atoms with Gasteiger partial charge >= 0.3 is 0 Å². The molecular weight excluding hydrogens is 264 g/mol. The molecule has 0 bridgehead atoms. The van der Waals surface area contributed by atoms with E-state index in [4.69, 9.17) is 23.4 Å². The minimum atomic E-state index is -0.585. The molecule has 1 heterocycles. The minimum absolute atomic E-state index is 0.364. The summed E-state index contributed by atoms with van der Waals surface area (Å²) in [7, 11) is -0.585. The van der Waals surface area contributed by atoms with Gasteiger partial charge in [-0.05, 0) is 25.3 Å². The van der Waals surface area contributed by atoms with Gasteiger partial charge in [-0.3, -0.25) is 0 Å². The lowest BCUT2D eigenvalue weighted by Crippen LogP contribution is -2.24. The summed E-state index contributed by atoms with van der Waals surface area (Å²) >= 11 is 0. The van der Waals surface area contributed by atoms with Crippen molar-refractivity contribution in [3.8, 4) is 0 Å². The summed E-state index contributed by atoms with van der Waals surface area (Å²) in [5.74, 6) is 0. The van der Waals surface area contributed by atoms with Gasteiger partial charge in [0.2, 0.25) is 0 Å². The molecule has 0 saturated carbocycles. The standard InChI is InChI=1S/C13H28O5Si/c1-3-6-15-13(16-7-4-2)18-19-9-5-8-14-10-12-11-17-12/h12-13H,3-11,19H2,1-2H3. The highest BCUT2D eigenvalue weighted by Gasteiger charge is 2.21. The Balaban J connectivity index is 1.89. The molecule has 0 aliphatic carbocycles. The maximum absolute atomic E-state index is 5.70. The molecule has 1 rings (SSSR count). The maximum Gasteiger partial charge on any atom is 0.261 e. The van der Waals surface area contributed by atoms with Crippen LogP contribution in [0.4, 0.5) is 0 Å². The molecule has 0 amide bonds. The summed E-state index contributed by atoms with van der Waals surface area (Å²) in [6.45, 7) is 7.48. The molecule has 1 atom stereocenters. The van der Waals surface area contributed by atoms with Crippen LogP contribution in [0.2, 0.25) is 6.04 Å². The molecule has 0 aromatic rings. The van der Waals surface area contributed by atoms with Crippen LogP contribution in [-0.4, -0.2) is 55.4 Å². The molecule has 5 nitrogen and oxygen atoms in total. The monoisotopic (exact) mass is 292 g/mol. The Labute approximate surface area is 118 Å². The summed E-state index contributed by atoms with van der Waals surface area (Å²) in [6.07, 6.45) is 3.37. The molecular formula is C13H28O5Si. The zero-order chi connectivity index (χ0) is 13.8. The van der Waals surface area contributed by atoms with Gasteiger partial charge in [0.1, 0.15) is 6.10 Å². The Morgan fingerprint density at radius 1 is 1.16 bits per heavy atom. The summed E-state index contributed by atoms with van der Waals surface area (Å²) in [5, 5.41) is 0. The fourth-order valence-corrected chi connectivity index (χ4v) is 2.40. The highest BCUT2D eigenvalue weighted by Crippen LogP contribution is 2.08. The van der Waals surface area contributed by atoms with E-state index in [0.717, 1.165) is 45.1 Å². The Hall–Kier alpha value is 0.0169. The number of rotatable bonds is 14. The van der Waals surface area contributed by atoms with Crippen LogP contribution >= 0.6 is 0 Å². The van der Waals surface area contributed by atoms with Crippen molar-refractivity contribution in [2.24, 2.45) is 0 Å². The van der Waals surface area contributed by atoms with Gasteiger partial charge in [-0.2, -0.15) is 0 Å². The first-order chi connectivity index (χ1) is 9.36. The normalized spacial score (nSPS) is 18.8. The van der Waals surface area contributed by atoms with Gasteiger partial charge in [-0.1, -0.05) is 13.8 Å². The van der Waals surface area contributed by atoms with E-state index in [-0.39, 0.29) is 0 Å². The molecule has 0 N–H and O–H groups in total. The van der Waals surface area contributed by atoms with E-state index in [9.17, 15) is 0 Å².